The summed E-state index contributed by atoms with van der Waals surface area (Å²) in [5, 5.41) is 9.06. The number of hydrogen-bond acceptors (Lipinski definition) is 4. The fourth-order valence-corrected chi connectivity index (χ4v) is 3.89. The second-order valence-corrected chi connectivity index (χ2v) is 7.60. The van der Waals surface area contributed by atoms with Gasteiger partial charge in [0, 0.05) is 24.7 Å². The van der Waals surface area contributed by atoms with Crippen LogP contribution in [0.3, 0.4) is 0 Å². The fraction of sp³-hybridized carbons (Fsp3) is 0.316. The van der Waals surface area contributed by atoms with E-state index in [0.717, 1.165) is 5.56 Å². The summed E-state index contributed by atoms with van der Waals surface area (Å²) in [6.07, 6.45) is 0. The van der Waals surface area contributed by atoms with Crippen molar-refractivity contribution in [1.82, 2.24) is 9.62 Å². The van der Waals surface area contributed by atoms with Crippen molar-refractivity contribution in [3.63, 3.8) is 0 Å². The summed E-state index contributed by atoms with van der Waals surface area (Å²) in [4.78, 5) is 14.0. The molecule has 0 fully saturated rings. The number of hydrogen-bond donors (Lipinski definition) is 2. The Morgan fingerprint density at radius 2 is 1.85 bits per heavy atom. The largest absolute Gasteiger partial charge is 0.395 e. The van der Waals surface area contributed by atoms with Gasteiger partial charge in [0.1, 0.15) is 0 Å². The number of carbonyl (C=O) groups excluding carboxylic acids is 1. The van der Waals surface area contributed by atoms with Crippen LogP contribution < -0.4 is 4.72 Å². The zero-order chi connectivity index (χ0) is 19.2. The Morgan fingerprint density at radius 1 is 1.15 bits per heavy atom. The molecule has 0 saturated heterocycles. The molecule has 0 aliphatic rings. The third kappa shape index (κ3) is 4.91. The number of nitrogens with zero attached hydrogens (tertiary/aromatic N) is 1. The molecular weight excluding hydrogens is 352 g/mol. The predicted octanol–water partition coefficient (Wildman–Crippen LogP) is 2.18. The van der Waals surface area contributed by atoms with Crippen molar-refractivity contribution < 1.29 is 18.3 Å². The van der Waals surface area contributed by atoms with Gasteiger partial charge in [-0.15, -0.1) is 0 Å². The minimum atomic E-state index is -3.78. The molecule has 0 aliphatic carbocycles. The Morgan fingerprint density at radius 3 is 2.46 bits per heavy atom. The van der Waals surface area contributed by atoms with Crippen molar-refractivity contribution in [2.45, 2.75) is 24.8 Å². The van der Waals surface area contributed by atoms with E-state index in [0.29, 0.717) is 6.54 Å². The van der Waals surface area contributed by atoms with E-state index in [-0.39, 0.29) is 29.5 Å². The standard InChI is InChI=1S/C19H24N2O4S/c1-3-21(12-13-22)19(23)17-10-7-11-18(14-17)26(24,25)20-15(2)16-8-5-4-6-9-16/h4-11,14-15,20,22H,3,12-13H2,1-2H3/t15-/m0/s1. The van der Waals surface area contributed by atoms with Crippen molar-refractivity contribution in [1.29, 1.82) is 0 Å². The first-order chi connectivity index (χ1) is 12.4. The maximum Gasteiger partial charge on any atom is 0.253 e. The van der Waals surface area contributed by atoms with Gasteiger partial charge in [-0.05, 0) is 37.6 Å². The van der Waals surface area contributed by atoms with Gasteiger partial charge in [-0.2, -0.15) is 0 Å². The van der Waals surface area contributed by atoms with Crippen LogP contribution in [0, 0.1) is 0 Å². The highest BCUT2D eigenvalue weighted by Crippen LogP contribution is 2.18. The van der Waals surface area contributed by atoms with Gasteiger partial charge in [-0.1, -0.05) is 36.4 Å². The molecule has 140 valence electrons. The number of carbonyl (C=O) groups is 1. The minimum absolute atomic E-state index is 0.0335. The van der Waals surface area contributed by atoms with E-state index in [1.54, 1.807) is 26.0 Å². The third-order valence-corrected chi connectivity index (χ3v) is 5.60. The Hall–Kier alpha value is -2.22. The summed E-state index contributed by atoms with van der Waals surface area (Å²) in [6.45, 7) is 4.06. The van der Waals surface area contributed by atoms with Gasteiger partial charge in [0.2, 0.25) is 10.0 Å². The molecule has 0 heterocycles. The SMILES string of the molecule is CCN(CCO)C(=O)c1cccc(S(=O)(=O)N[C@@H](C)c2ccccc2)c1. The van der Waals surface area contributed by atoms with E-state index in [4.69, 9.17) is 5.11 Å². The molecule has 0 spiro atoms. The number of nitrogens with one attached hydrogen (secondary N) is 1. The molecule has 1 amide bonds. The average Bonchev–Trinajstić information content (AvgIpc) is 2.66. The lowest BCUT2D eigenvalue weighted by atomic mass is 10.1. The number of amides is 1. The first-order valence-electron chi connectivity index (χ1n) is 8.46. The molecular formula is C19H24N2O4S. The van der Waals surface area contributed by atoms with Crippen molar-refractivity contribution >= 4 is 15.9 Å². The van der Waals surface area contributed by atoms with Gasteiger partial charge in [0.25, 0.3) is 5.91 Å². The van der Waals surface area contributed by atoms with Crippen LogP contribution in [0.15, 0.2) is 59.5 Å². The molecule has 2 N–H and O–H groups in total. The van der Waals surface area contributed by atoms with E-state index < -0.39 is 16.1 Å². The molecule has 26 heavy (non-hydrogen) atoms. The van der Waals surface area contributed by atoms with Crippen molar-refractivity contribution in [3.05, 3.63) is 65.7 Å². The van der Waals surface area contributed by atoms with Crippen LogP contribution in [0.1, 0.15) is 35.8 Å². The Bertz CT molecular complexity index is 838. The van der Waals surface area contributed by atoms with Gasteiger partial charge >= 0.3 is 0 Å². The summed E-state index contributed by atoms with van der Waals surface area (Å²) in [7, 11) is -3.78. The van der Waals surface area contributed by atoms with Crippen LogP contribution in [0.25, 0.3) is 0 Å². The summed E-state index contributed by atoms with van der Waals surface area (Å²) >= 11 is 0. The third-order valence-electron chi connectivity index (χ3n) is 4.06. The quantitative estimate of drug-likeness (QED) is 0.739. The number of rotatable bonds is 8. The molecule has 0 unspecified atom stereocenters. The van der Waals surface area contributed by atoms with E-state index in [2.05, 4.69) is 4.72 Å². The molecule has 6 nitrogen and oxygen atoms in total. The van der Waals surface area contributed by atoms with Crippen LogP contribution in [-0.2, 0) is 10.0 Å². The maximum absolute atomic E-state index is 12.7. The van der Waals surface area contributed by atoms with Crippen LogP contribution in [0.2, 0.25) is 0 Å². The zero-order valence-electron chi connectivity index (χ0n) is 14.9. The van der Waals surface area contributed by atoms with Crippen LogP contribution >= 0.6 is 0 Å². The van der Waals surface area contributed by atoms with Crippen LogP contribution in [0.4, 0.5) is 0 Å². The molecule has 0 saturated carbocycles. The number of likely N-dealkylation sites (N-methyl/N-ethyl adjacent to an activating group) is 1. The van der Waals surface area contributed by atoms with Crippen LogP contribution in [0.5, 0.6) is 0 Å². The molecule has 0 aromatic heterocycles. The highest BCUT2D eigenvalue weighted by molar-refractivity contribution is 7.89. The molecule has 2 aromatic rings. The lowest BCUT2D eigenvalue weighted by Crippen LogP contribution is -2.33. The molecule has 2 aromatic carbocycles. The van der Waals surface area contributed by atoms with Crippen molar-refractivity contribution in [2.24, 2.45) is 0 Å². The van der Waals surface area contributed by atoms with Gasteiger partial charge < -0.3 is 10.0 Å². The molecule has 1 atom stereocenters. The average molecular weight is 376 g/mol. The Balaban J connectivity index is 2.24. The normalized spacial score (nSPS) is 12.6. The lowest BCUT2D eigenvalue weighted by molar-refractivity contribution is 0.0731. The predicted molar refractivity (Wildman–Crippen MR) is 100 cm³/mol. The molecule has 0 radical (unpaired) electrons. The summed E-state index contributed by atoms with van der Waals surface area (Å²) in [6, 6.07) is 14.8. The first-order valence-corrected chi connectivity index (χ1v) is 9.95. The highest BCUT2D eigenvalue weighted by Gasteiger charge is 2.21. The Labute approximate surface area is 154 Å². The summed E-state index contributed by atoms with van der Waals surface area (Å²) < 4.78 is 28.0. The number of aliphatic hydroxyl groups excluding tert-OH is 1. The smallest absolute Gasteiger partial charge is 0.253 e. The fourth-order valence-electron chi connectivity index (χ4n) is 2.61. The molecule has 7 heteroatoms. The molecule has 0 aliphatic heterocycles. The zero-order valence-corrected chi connectivity index (χ0v) is 15.7. The van der Waals surface area contributed by atoms with E-state index >= 15 is 0 Å². The van der Waals surface area contributed by atoms with Gasteiger partial charge in [-0.25, -0.2) is 13.1 Å². The van der Waals surface area contributed by atoms with Gasteiger partial charge in [0.05, 0.1) is 11.5 Å². The van der Waals surface area contributed by atoms with E-state index in [9.17, 15) is 13.2 Å². The molecule has 2 rings (SSSR count). The minimum Gasteiger partial charge on any atom is -0.395 e. The van der Waals surface area contributed by atoms with Crippen molar-refractivity contribution in [3.8, 4) is 0 Å². The van der Waals surface area contributed by atoms with Crippen molar-refractivity contribution in [2.75, 3.05) is 19.7 Å². The van der Waals surface area contributed by atoms with E-state index in [1.807, 2.05) is 30.3 Å². The highest BCUT2D eigenvalue weighted by atomic mass is 32.2. The summed E-state index contributed by atoms with van der Waals surface area (Å²) in [5.74, 6) is -0.310. The second kappa shape index (κ2) is 8.93. The van der Waals surface area contributed by atoms with Crippen LogP contribution in [-0.4, -0.2) is 44.0 Å². The van der Waals surface area contributed by atoms with Gasteiger partial charge in [-0.3, -0.25) is 4.79 Å². The van der Waals surface area contributed by atoms with E-state index in [1.165, 1.54) is 17.0 Å². The number of benzene rings is 2. The van der Waals surface area contributed by atoms with Gasteiger partial charge in [0.15, 0.2) is 0 Å². The first kappa shape index (κ1) is 20.1. The monoisotopic (exact) mass is 376 g/mol. The molecule has 0 bridgehead atoms. The summed E-state index contributed by atoms with van der Waals surface area (Å²) in [5.41, 5.74) is 1.12. The maximum atomic E-state index is 12.7. The Kier molecular flexibility index (Phi) is 6.90. The second-order valence-electron chi connectivity index (χ2n) is 5.89. The number of sulfonamides is 1. The lowest BCUT2D eigenvalue weighted by Gasteiger charge is -2.20. The topological polar surface area (TPSA) is 86.7 Å². The number of aliphatic hydroxyl groups is 1.